The van der Waals surface area contributed by atoms with Crippen molar-refractivity contribution in [2.45, 2.75) is 25.5 Å². The molecule has 3 aromatic rings. The molecule has 4 rings (SSSR count). The highest BCUT2D eigenvalue weighted by molar-refractivity contribution is 5.96. The van der Waals surface area contributed by atoms with E-state index in [2.05, 4.69) is 10.2 Å². The van der Waals surface area contributed by atoms with Crippen LogP contribution >= 0.6 is 0 Å². The average molecular weight is 449 g/mol. The summed E-state index contributed by atoms with van der Waals surface area (Å²) in [6, 6.07) is 11.2. The van der Waals surface area contributed by atoms with Crippen LogP contribution in [0.5, 0.6) is 5.75 Å². The van der Waals surface area contributed by atoms with Gasteiger partial charge in [0.05, 0.1) is 31.5 Å². The number of aromatic amines is 1. The van der Waals surface area contributed by atoms with Crippen LogP contribution in [0.25, 0.3) is 11.1 Å². The highest BCUT2D eigenvalue weighted by atomic mass is 16.5. The molecule has 1 aliphatic heterocycles. The molecular weight excluding hydrogens is 426 g/mol. The summed E-state index contributed by atoms with van der Waals surface area (Å²) < 4.78 is 10.9. The zero-order chi connectivity index (χ0) is 23.5. The van der Waals surface area contributed by atoms with Gasteiger partial charge in [0, 0.05) is 36.2 Å². The number of hydrogen-bond acceptors (Lipinski definition) is 6. The van der Waals surface area contributed by atoms with E-state index in [1.807, 2.05) is 0 Å². The Kier molecular flexibility index (Phi) is 6.12. The van der Waals surface area contributed by atoms with Gasteiger partial charge in [-0.1, -0.05) is 12.1 Å². The Morgan fingerprint density at radius 1 is 1.15 bits per heavy atom. The normalized spacial score (nSPS) is 17.6. The molecule has 9 nitrogen and oxygen atoms in total. The van der Waals surface area contributed by atoms with Crippen molar-refractivity contribution in [3.8, 4) is 16.9 Å². The summed E-state index contributed by atoms with van der Waals surface area (Å²) in [4.78, 5) is 38.1. The first-order valence-electron chi connectivity index (χ1n) is 10.4. The van der Waals surface area contributed by atoms with E-state index in [1.165, 1.54) is 20.1 Å². The highest BCUT2D eigenvalue weighted by Crippen LogP contribution is 2.37. The van der Waals surface area contributed by atoms with Gasteiger partial charge < -0.3 is 19.5 Å². The smallest absolute Gasteiger partial charge is 0.335 e. The third kappa shape index (κ3) is 4.57. The largest absolute Gasteiger partial charge is 0.496 e. The van der Waals surface area contributed by atoms with Crippen LogP contribution in [0.15, 0.2) is 54.9 Å². The summed E-state index contributed by atoms with van der Waals surface area (Å²) in [5, 5.41) is 16.1. The van der Waals surface area contributed by atoms with Crippen LogP contribution in [0, 0.1) is 0 Å². The lowest BCUT2D eigenvalue weighted by Crippen LogP contribution is -2.32. The number of nitrogens with one attached hydrogen (secondary N) is 1. The number of aromatic nitrogens is 2. The van der Waals surface area contributed by atoms with Crippen molar-refractivity contribution in [3.63, 3.8) is 0 Å². The molecule has 9 heteroatoms. The number of esters is 1. The van der Waals surface area contributed by atoms with Gasteiger partial charge in [0.1, 0.15) is 11.9 Å². The van der Waals surface area contributed by atoms with Crippen LogP contribution in [0.1, 0.15) is 45.7 Å². The summed E-state index contributed by atoms with van der Waals surface area (Å²) in [7, 11) is 1.53. The van der Waals surface area contributed by atoms with E-state index in [1.54, 1.807) is 53.7 Å². The number of carboxylic acid groups (broad SMARTS) is 1. The summed E-state index contributed by atoms with van der Waals surface area (Å²) in [6.07, 6.45) is 3.28. The number of aromatic carboxylic acids is 1. The molecule has 1 amide bonds. The third-order valence-corrected chi connectivity index (χ3v) is 5.63. The molecule has 1 aromatic heterocycles. The Morgan fingerprint density at radius 2 is 1.97 bits per heavy atom. The van der Waals surface area contributed by atoms with Crippen LogP contribution < -0.4 is 4.74 Å². The minimum atomic E-state index is -1.05. The maximum absolute atomic E-state index is 13.5. The van der Waals surface area contributed by atoms with Gasteiger partial charge in [-0.3, -0.25) is 14.7 Å². The van der Waals surface area contributed by atoms with Crippen molar-refractivity contribution in [3.05, 3.63) is 71.5 Å². The minimum absolute atomic E-state index is 0.127. The number of carboxylic acids is 1. The second kappa shape index (κ2) is 9.15. The van der Waals surface area contributed by atoms with Crippen molar-refractivity contribution in [1.82, 2.24) is 15.1 Å². The van der Waals surface area contributed by atoms with Crippen LogP contribution in [0.2, 0.25) is 0 Å². The second-order valence-electron chi connectivity index (χ2n) is 7.77. The Hall–Kier alpha value is -4.14. The monoisotopic (exact) mass is 449 g/mol. The van der Waals surface area contributed by atoms with Gasteiger partial charge in [0.15, 0.2) is 0 Å². The average Bonchev–Trinajstić information content (AvgIpc) is 3.48. The number of ether oxygens (including phenoxy) is 2. The fourth-order valence-electron chi connectivity index (χ4n) is 4.16. The number of nitrogens with zero attached hydrogens (tertiary/aromatic N) is 2. The number of H-pyrrole nitrogens is 1. The van der Waals surface area contributed by atoms with Gasteiger partial charge in [-0.05, 0) is 35.9 Å². The first-order chi connectivity index (χ1) is 15.9. The van der Waals surface area contributed by atoms with Crippen LogP contribution in [0.3, 0.4) is 0 Å². The minimum Gasteiger partial charge on any atom is -0.496 e. The van der Waals surface area contributed by atoms with Gasteiger partial charge >= 0.3 is 11.9 Å². The molecule has 0 bridgehead atoms. The summed E-state index contributed by atoms with van der Waals surface area (Å²) in [6.45, 7) is 1.52. The summed E-state index contributed by atoms with van der Waals surface area (Å²) >= 11 is 0. The van der Waals surface area contributed by atoms with Crippen LogP contribution in [0.4, 0.5) is 0 Å². The number of likely N-dealkylation sites (tertiary alicyclic amines) is 1. The number of methoxy groups -OCH3 is 1. The Labute approximate surface area is 189 Å². The van der Waals surface area contributed by atoms with E-state index in [4.69, 9.17) is 9.47 Å². The molecule has 1 fully saturated rings. The lowest BCUT2D eigenvalue weighted by atomic mass is 10.00. The van der Waals surface area contributed by atoms with Gasteiger partial charge in [-0.15, -0.1) is 0 Å². The molecule has 1 unspecified atom stereocenters. The zero-order valence-electron chi connectivity index (χ0n) is 18.1. The van der Waals surface area contributed by atoms with E-state index in [-0.39, 0.29) is 18.0 Å². The lowest BCUT2D eigenvalue weighted by Gasteiger charge is -2.25. The number of benzene rings is 2. The van der Waals surface area contributed by atoms with Crippen molar-refractivity contribution < 1.29 is 29.0 Å². The van der Waals surface area contributed by atoms with Gasteiger partial charge in [-0.2, -0.15) is 5.10 Å². The number of rotatable bonds is 6. The van der Waals surface area contributed by atoms with Gasteiger partial charge in [0.2, 0.25) is 0 Å². The highest BCUT2D eigenvalue weighted by Gasteiger charge is 2.38. The summed E-state index contributed by atoms with van der Waals surface area (Å²) in [5.74, 6) is -1.24. The SMILES string of the molecule is COc1cc(C(=O)N2CC(OC(C)=O)C[C@@H]2c2cccc(C(=O)O)c2)ccc1-c1cn[nH]c1. The molecule has 33 heavy (non-hydrogen) atoms. The molecule has 2 heterocycles. The molecule has 0 radical (unpaired) electrons. The topological polar surface area (TPSA) is 122 Å². The van der Waals surface area contributed by atoms with Gasteiger partial charge in [0.25, 0.3) is 5.91 Å². The predicted molar refractivity (Wildman–Crippen MR) is 118 cm³/mol. The number of carbonyl (C=O) groups is 3. The number of amides is 1. The molecule has 0 spiro atoms. The fraction of sp³-hybridized carbons (Fsp3) is 0.250. The van der Waals surface area contributed by atoms with Crippen molar-refractivity contribution in [1.29, 1.82) is 0 Å². The number of hydrogen-bond donors (Lipinski definition) is 2. The molecule has 1 aliphatic rings. The zero-order valence-corrected chi connectivity index (χ0v) is 18.1. The van der Waals surface area contributed by atoms with Crippen LogP contribution in [-0.2, 0) is 9.53 Å². The van der Waals surface area contributed by atoms with Crippen molar-refractivity contribution in [2.75, 3.05) is 13.7 Å². The molecule has 170 valence electrons. The third-order valence-electron chi connectivity index (χ3n) is 5.63. The van der Waals surface area contributed by atoms with E-state index in [9.17, 15) is 19.5 Å². The van der Waals surface area contributed by atoms with E-state index < -0.39 is 24.1 Å². The quantitative estimate of drug-likeness (QED) is 0.554. The van der Waals surface area contributed by atoms with Crippen molar-refractivity contribution >= 4 is 17.8 Å². The maximum atomic E-state index is 13.5. The van der Waals surface area contributed by atoms with E-state index >= 15 is 0 Å². The molecular formula is C24H23N3O6. The Balaban J connectivity index is 1.68. The molecule has 2 atom stereocenters. The van der Waals surface area contributed by atoms with Crippen LogP contribution in [-0.4, -0.2) is 57.8 Å². The first-order valence-corrected chi connectivity index (χ1v) is 10.4. The second-order valence-corrected chi connectivity index (χ2v) is 7.77. The Morgan fingerprint density at radius 3 is 2.64 bits per heavy atom. The standard InChI is InChI=1S/C24H23N3O6/c1-14(28)33-19-10-21(15-4-3-5-17(8-15)24(30)31)27(13-19)23(29)16-6-7-20(22(9-16)32-2)18-11-25-26-12-18/h3-9,11-12,19,21H,10,13H2,1-2H3,(H,25,26)(H,30,31)/t19?,21-/m1/s1. The summed E-state index contributed by atoms with van der Waals surface area (Å²) in [5.41, 5.74) is 2.81. The van der Waals surface area contributed by atoms with E-state index in [0.717, 1.165) is 11.1 Å². The molecule has 0 saturated carbocycles. The van der Waals surface area contributed by atoms with E-state index in [0.29, 0.717) is 23.3 Å². The fourth-order valence-corrected chi connectivity index (χ4v) is 4.16. The predicted octanol–water partition coefficient (Wildman–Crippen LogP) is 3.30. The lowest BCUT2D eigenvalue weighted by molar-refractivity contribution is -0.145. The molecule has 2 aromatic carbocycles. The Bertz CT molecular complexity index is 1190. The van der Waals surface area contributed by atoms with Gasteiger partial charge in [-0.25, -0.2) is 4.79 Å². The number of carbonyl (C=O) groups excluding carboxylic acids is 2. The maximum Gasteiger partial charge on any atom is 0.335 e. The first kappa shape index (κ1) is 22.1. The molecule has 1 saturated heterocycles. The van der Waals surface area contributed by atoms with Crippen molar-refractivity contribution in [2.24, 2.45) is 0 Å². The molecule has 0 aliphatic carbocycles. The molecule has 2 N–H and O–H groups in total.